The Hall–Kier alpha value is -3.16. The molecule has 0 unspecified atom stereocenters. The molecule has 0 atom stereocenters. The molecule has 1 heterocycles. The van der Waals surface area contributed by atoms with Crippen LogP contribution in [0, 0.1) is 17.5 Å². The highest BCUT2D eigenvalue weighted by Crippen LogP contribution is 2.18. The number of anilines is 1. The van der Waals surface area contributed by atoms with E-state index >= 15 is 0 Å². The van der Waals surface area contributed by atoms with Crippen molar-refractivity contribution >= 4 is 11.9 Å². The SMILES string of the molecule is O=C(Nc1nncn1-c1ccccc1)c1c(F)cc(F)cc1F. The topological polar surface area (TPSA) is 59.8 Å². The van der Waals surface area contributed by atoms with Gasteiger partial charge in [0, 0.05) is 12.1 Å². The molecule has 1 amide bonds. The summed E-state index contributed by atoms with van der Waals surface area (Å²) in [7, 11) is 0. The molecular formula is C15H9F3N4O. The van der Waals surface area contributed by atoms with Gasteiger partial charge in [-0.05, 0) is 12.1 Å². The van der Waals surface area contributed by atoms with Gasteiger partial charge in [0.15, 0.2) is 0 Å². The fourth-order valence-electron chi connectivity index (χ4n) is 2.02. The second-order valence-corrected chi connectivity index (χ2v) is 4.56. The predicted octanol–water partition coefficient (Wildman–Crippen LogP) is 2.94. The van der Waals surface area contributed by atoms with Gasteiger partial charge < -0.3 is 0 Å². The Kier molecular flexibility index (Phi) is 3.80. The zero-order valence-corrected chi connectivity index (χ0v) is 11.5. The van der Waals surface area contributed by atoms with E-state index < -0.39 is 28.9 Å². The van der Waals surface area contributed by atoms with Crippen molar-refractivity contribution < 1.29 is 18.0 Å². The third-order valence-corrected chi connectivity index (χ3v) is 3.04. The lowest BCUT2D eigenvalue weighted by Gasteiger charge is -2.09. The first kappa shape index (κ1) is 14.8. The molecule has 0 fully saturated rings. The number of amides is 1. The fourth-order valence-corrected chi connectivity index (χ4v) is 2.02. The average molecular weight is 318 g/mol. The molecule has 1 N–H and O–H groups in total. The van der Waals surface area contributed by atoms with E-state index in [0.29, 0.717) is 17.8 Å². The summed E-state index contributed by atoms with van der Waals surface area (Å²) in [5.74, 6) is -4.82. The van der Waals surface area contributed by atoms with E-state index in [0.717, 1.165) is 0 Å². The second kappa shape index (κ2) is 5.91. The average Bonchev–Trinajstić information content (AvgIpc) is 2.95. The number of carbonyl (C=O) groups excluding carboxylic acids is 1. The van der Waals surface area contributed by atoms with Crippen molar-refractivity contribution in [2.24, 2.45) is 0 Å². The monoisotopic (exact) mass is 318 g/mol. The molecule has 0 bridgehead atoms. The third-order valence-electron chi connectivity index (χ3n) is 3.04. The number of hydrogen-bond acceptors (Lipinski definition) is 3. The largest absolute Gasteiger partial charge is 0.290 e. The van der Waals surface area contributed by atoms with Crippen LogP contribution in [0.5, 0.6) is 0 Å². The lowest BCUT2D eigenvalue weighted by Crippen LogP contribution is -2.18. The van der Waals surface area contributed by atoms with E-state index in [2.05, 4.69) is 15.5 Å². The lowest BCUT2D eigenvalue weighted by atomic mass is 10.2. The highest BCUT2D eigenvalue weighted by atomic mass is 19.1. The first-order chi connectivity index (χ1) is 11.1. The summed E-state index contributed by atoms with van der Waals surface area (Å²) in [4.78, 5) is 12.1. The summed E-state index contributed by atoms with van der Waals surface area (Å²) in [5, 5.41) is 9.61. The van der Waals surface area contributed by atoms with E-state index in [-0.39, 0.29) is 5.95 Å². The predicted molar refractivity (Wildman–Crippen MR) is 75.6 cm³/mol. The van der Waals surface area contributed by atoms with E-state index in [1.165, 1.54) is 10.9 Å². The number of rotatable bonds is 3. The van der Waals surface area contributed by atoms with Crippen LogP contribution in [0.25, 0.3) is 5.69 Å². The molecule has 116 valence electrons. The summed E-state index contributed by atoms with van der Waals surface area (Å²) in [5.41, 5.74) is -0.248. The minimum Gasteiger partial charge on any atom is -0.290 e. The molecule has 8 heteroatoms. The van der Waals surface area contributed by atoms with Gasteiger partial charge in [-0.1, -0.05) is 18.2 Å². The number of benzene rings is 2. The number of para-hydroxylation sites is 1. The van der Waals surface area contributed by atoms with Crippen LogP contribution >= 0.6 is 0 Å². The number of nitrogens with zero attached hydrogens (tertiary/aromatic N) is 3. The highest BCUT2D eigenvalue weighted by molar-refractivity contribution is 6.03. The minimum atomic E-state index is -1.30. The van der Waals surface area contributed by atoms with E-state index in [1.54, 1.807) is 30.3 Å². The van der Waals surface area contributed by atoms with Crippen LogP contribution in [0.4, 0.5) is 19.1 Å². The smallest absolute Gasteiger partial charge is 0.264 e. The molecule has 0 aliphatic rings. The minimum absolute atomic E-state index is 0.0238. The van der Waals surface area contributed by atoms with Crippen LogP contribution in [0.2, 0.25) is 0 Å². The Morgan fingerprint density at radius 2 is 1.70 bits per heavy atom. The van der Waals surface area contributed by atoms with Gasteiger partial charge in [-0.3, -0.25) is 14.7 Å². The lowest BCUT2D eigenvalue weighted by molar-refractivity contribution is 0.101. The van der Waals surface area contributed by atoms with Crippen LogP contribution in [-0.4, -0.2) is 20.7 Å². The number of nitrogens with one attached hydrogen (secondary N) is 1. The van der Waals surface area contributed by atoms with Crippen LogP contribution < -0.4 is 5.32 Å². The van der Waals surface area contributed by atoms with Crippen molar-refractivity contribution in [2.45, 2.75) is 0 Å². The molecule has 2 aromatic carbocycles. The molecule has 23 heavy (non-hydrogen) atoms. The normalized spacial score (nSPS) is 10.6. The molecule has 3 aromatic rings. The highest BCUT2D eigenvalue weighted by Gasteiger charge is 2.21. The first-order valence-electron chi connectivity index (χ1n) is 6.47. The standard InChI is InChI=1S/C15H9F3N4O/c16-9-6-11(17)13(12(18)7-9)14(23)20-15-21-19-8-22(15)10-4-2-1-3-5-10/h1-8H,(H,20,21,23). The Morgan fingerprint density at radius 3 is 2.35 bits per heavy atom. The summed E-state index contributed by atoms with van der Waals surface area (Å²) in [6.07, 6.45) is 1.34. The van der Waals surface area contributed by atoms with E-state index in [9.17, 15) is 18.0 Å². The summed E-state index contributed by atoms with van der Waals surface area (Å²) < 4.78 is 41.6. The maximum absolute atomic E-state index is 13.6. The molecule has 0 aliphatic heterocycles. The van der Waals surface area contributed by atoms with Crippen LogP contribution in [-0.2, 0) is 0 Å². The number of aromatic nitrogens is 3. The molecule has 0 aliphatic carbocycles. The van der Waals surface area contributed by atoms with Crippen molar-refractivity contribution in [2.75, 3.05) is 5.32 Å². The van der Waals surface area contributed by atoms with Crippen molar-refractivity contribution in [3.8, 4) is 5.69 Å². The maximum Gasteiger partial charge on any atom is 0.264 e. The van der Waals surface area contributed by atoms with Gasteiger partial charge in [0.1, 0.15) is 29.3 Å². The van der Waals surface area contributed by atoms with Crippen LogP contribution in [0.1, 0.15) is 10.4 Å². The Balaban J connectivity index is 1.92. The van der Waals surface area contributed by atoms with Gasteiger partial charge in [-0.2, -0.15) is 0 Å². The number of halogens is 3. The van der Waals surface area contributed by atoms with Gasteiger partial charge in [-0.15, -0.1) is 10.2 Å². The first-order valence-corrected chi connectivity index (χ1v) is 6.47. The van der Waals surface area contributed by atoms with E-state index in [1.807, 2.05) is 0 Å². The molecule has 0 saturated carbocycles. The van der Waals surface area contributed by atoms with Crippen LogP contribution in [0.15, 0.2) is 48.8 Å². The van der Waals surface area contributed by atoms with Gasteiger partial charge in [0.25, 0.3) is 5.91 Å². The quantitative estimate of drug-likeness (QED) is 0.808. The molecule has 0 saturated heterocycles. The second-order valence-electron chi connectivity index (χ2n) is 4.56. The third kappa shape index (κ3) is 2.91. The van der Waals surface area contributed by atoms with Gasteiger partial charge in [-0.25, -0.2) is 13.2 Å². The summed E-state index contributed by atoms with van der Waals surface area (Å²) >= 11 is 0. The van der Waals surface area contributed by atoms with Crippen LogP contribution in [0.3, 0.4) is 0 Å². The van der Waals surface area contributed by atoms with Gasteiger partial charge in [0.05, 0.1) is 5.69 Å². The molecule has 5 nitrogen and oxygen atoms in total. The zero-order valence-electron chi connectivity index (χ0n) is 11.5. The molecule has 0 spiro atoms. The maximum atomic E-state index is 13.6. The summed E-state index contributed by atoms with van der Waals surface area (Å²) in [6.45, 7) is 0. The summed E-state index contributed by atoms with van der Waals surface area (Å²) in [6, 6.07) is 9.66. The fraction of sp³-hybridized carbons (Fsp3) is 0. The van der Waals surface area contributed by atoms with Crippen molar-refractivity contribution in [3.05, 3.63) is 71.8 Å². The van der Waals surface area contributed by atoms with E-state index in [4.69, 9.17) is 0 Å². The Morgan fingerprint density at radius 1 is 1.04 bits per heavy atom. The van der Waals surface area contributed by atoms with Crippen molar-refractivity contribution in [3.63, 3.8) is 0 Å². The number of carbonyl (C=O) groups is 1. The molecule has 1 aromatic heterocycles. The molecular weight excluding hydrogens is 309 g/mol. The Bertz CT molecular complexity index is 841. The van der Waals surface area contributed by atoms with Gasteiger partial charge >= 0.3 is 0 Å². The van der Waals surface area contributed by atoms with Crippen molar-refractivity contribution in [1.29, 1.82) is 0 Å². The van der Waals surface area contributed by atoms with Crippen molar-refractivity contribution in [1.82, 2.24) is 14.8 Å². The van der Waals surface area contributed by atoms with Gasteiger partial charge in [0.2, 0.25) is 5.95 Å². The number of hydrogen-bond donors (Lipinski definition) is 1. The molecule has 3 rings (SSSR count). The Labute approximate surface area is 128 Å². The zero-order chi connectivity index (χ0) is 16.4. The molecule has 0 radical (unpaired) electrons.